The number of benzene rings is 2. The lowest BCUT2D eigenvalue weighted by Gasteiger charge is -2.40. The maximum absolute atomic E-state index is 11.6. The zero-order valence-corrected chi connectivity index (χ0v) is 32.8. The van der Waals surface area contributed by atoms with Crippen LogP contribution in [0.25, 0.3) is 0 Å². The number of aliphatic carboxylic acids is 1. The van der Waals surface area contributed by atoms with E-state index in [1.54, 1.807) is 0 Å². The standard InChI is InChI=1S/C39H64O5Si2/c1-12-13-14-18-34(43-45(8,9)38(2,3)4)30-20-22-31(23-21-30)37-32(26-29-17-15-16-28(25-29)19-24-36(41)42)33(40)27-35(37)44-46(10,11)39(5,6)7/h15-17,20-23,25,32-35,37,40H,12-14,18-19,24,26-27H2,1-11H3,(H,41,42)/t32-,33-,34?,35+,37+/m0/s1. The van der Waals surface area contributed by atoms with Gasteiger partial charge in [0.2, 0.25) is 0 Å². The number of aliphatic hydroxyl groups excluding tert-OH is 1. The van der Waals surface area contributed by atoms with Gasteiger partial charge >= 0.3 is 5.97 Å². The van der Waals surface area contributed by atoms with E-state index in [0.29, 0.717) is 12.8 Å². The zero-order chi connectivity index (χ0) is 34.5. The van der Waals surface area contributed by atoms with Crippen molar-refractivity contribution in [1.82, 2.24) is 0 Å². The highest BCUT2D eigenvalue weighted by Gasteiger charge is 2.48. The minimum Gasteiger partial charge on any atom is -0.481 e. The van der Waals surface area contributed by atoms with Crippen LogP contribution in [-0.4, -0.2) is 45.0 Å². The number of carboxylic acid groups (broad SMARTS) is 1. The quantitative estimate of drug-likeness (QED) is 0.146. The Bertz CT molecular complexity index is 1260. The maximum atomic E-state index is 11.6. The Kier molecular flexibility index (Phi) is 13.1. The van der Waals surface area contributed by atoms with Crippen LogP contribution in [0.1, 0.15) is 121 Å². The highest BCUT2D eigenvalue weighted by molar-refractivity contribution is 6.74. The third kappa shape index (κ3) is 10.1. The first kappa shape index (κ1) is 38.7. The van der Waals surface area contributed by atoms with Crippen LogP contribution in [0.3, 0.4) is 0 Å². The first-order chi connectivity index (χ1) is 21.3. The van der Waals surface area contributed by atoms with Crippen molar-refractivity contribution in [3.05, 3.63) is 70.8 Å². The van der Waals surface area contributed by atoms with Crippen LogP contribution in [0.15, 0.2) is 48.5 Å². The summed E-state index contributed by atoms with van der Waals surface area (Å²) >= 11 is 0. The molecule has 46 heavy (non-hydrogen) atoms. The zero-order valence-electron chi connectivity index (χ0n) is 30.8. The number of unbranched alkanes of at least 4 members (excludes halogenated alkanes) is 2. The van der Waals surface area contributed by atoms with E-state index < -0.39 is 28.7 Å². The van der Waals surface area contributed by atoms with Crippen LogP contribution in [0.4, 0.5) is 0 Å². The first-order valence-electron chi connectivity index (χ1n) is 17.7. The predicted octanol–water partition coefficient (Wildman–Crippen LogP) is 10.4. The summed E-state index contributed by atoms with van der Waals surface area (Å²) < 4.78 is 14.1. The molecule has 0 spiro atoms. The molecule has 1 aliphatic rings. The van der Waals surface area contributed by atoms with E-state index in [9.17, 15) is 15.0 Å². The maximum Gasteiger partial charge on any atom is 0.303 e. The molecule has 0 bridgehead atoms. The lowest BCUT2D eigenvalue weighted by molar-refractivity contribution is -0.136. The molecule has 1 aliphatic carbocycles. The van der Waals surface area contributed by atoms with E-state index >= 15 is 0 Å². The molecular formula is C39H64O5Si2. The summed E-state index contributed by atoms with van der Waals surface area (Å²) in [4.78, 5) is 11.2. The highest BCUT2D eigenvalue weighted by atomic mass is 28.4. The van der Waals surface area contributed by atoms with E-state index in [2.05, 4.69) is 111 Å². The molecule has 2 N–H and O–H groups in total. The van der Waals surface area contributed by atoms with Crippen molar-refractivity contribution in [2.45, 2.75) is 160 Å². The van der Waals surface area contributed by atoms with Gasteiger partial charge in [-0.15, -0.1) is 0 Å². The summed E-state index contributed by atoms with van der Waals surface area (Å²) in [5.41, 5.74) is 4.63. The number of carbonyl (C=O) groups is 1. The molecule has 5 atom stereocenters. The second kappa shape index (κ2) is 15.6. The van der Waals surface area contributed by atoms with E-state index in [0.717, 1.165) is 30.4 Å². The SMILES string of the molecule is CCCCCC(O[Si](C)(C)C(C)(C)C)c1ccc([C@@H]2[C@@H](Cc3cccc(CCC(=O)O)c3)[C@@H](O)C[C@H]2O[Si](C)(C)C(C)(C)C)cc1. The normalized spacial score (nSPS) is 21.8. The third-order valence-corrected chi connectivity index (χ3v) is 20.2. The van der Waals surface area contributed by atoms with Crippen molar-refractivity contribution in [1.29, 1.82) is 0 Å². The summed E-state index contributed by atoms with van der Waals surface area (Å²) in [7, 11) is -4.07. The average Bonchev–Trinajstić information content (AvgIpc) is 3.23. The van der Waals surface area contributed by atoms with Crippen molar-refractivity contribution in [2.75, 3.05) is 0 Å². The van der Waals surface area contributed by atoms with Gasteiger partial charge in [-0.2, -0.15) is 0 Å². The highest BCUT2D eigenvalue weighted by Crippen LogP contribution is 2.48. The van der Waals surface area contributed by atoms with Crippen LogP contribution >= 0.6 is 0 Å². The summed E-state index contributed by atoms with van der Waals surface area (Å²) in [5.74, 6) is -0.729. The Morgan fingerprint density at radius 1 is 0.913 bits per heavy atom. The topological polar surface area (TPSA) is 76.0 Å². The Morgan fingerprint density at radius 3 is 2.09 bits per heavy atom. The number of aryl methyl sites for hydroxylation is 1. The number of rotatable bonds is 15. The molecule has 0 aromatic heterocycles. The Balaban J connectivity index is 1.98. The van der Waals surface area contributed by atoms with Gasteiger partial charge < -0.3 is 19.1 Å². The number of carboxylic acids is 1. The number of hydrogen-bond acceptors (Lipinski definition) is 4. The molecule has 7 heteroatoms. The van der Waals surface area contributed by atoms with E-state index in [1.807, 2.05) is 12.1 Å². The summed E-state index contributed by atoms with van der Waals surface area (Å²) in [6.07, 6.45) is 6.09. The van der Waals surface area contributed by atoms with Crippen molar-refractivity contribution in [3.63, 3.8) is 0 Å². The first-order valence-corrected chi connectivity index (χ1v) is 23.5. The molecule has 2 aromatic carbocycles. The Hall–Kier alpha value is -1.78. The fourth-order valence-corrected chi connectivity index (χ4v) is 8.92. The van der Waals surface area contributed by atoms with Gasteiger partial charge in [-0.3, -0.25) is 4.79 Å². The summed E-state index contributed by atoms with van der Waals surface area (Å²) in [5, 5.41) is 21.0. The molecule has 0 amide bonds. The van der Waals surface area contributed by atoms with Crippen molar-refractivity contribution in [2.24, 2.45) is 5.92 Å². The van der Waals surface area contributed by atoms with E-state index in [4.69, 9.17) is 8.85 Å². The smallest absolute Gasteiger partial charge is 0.303 e. The predicted molar refractivity (Wildman–Crippen MR) is 197 cm³/mol. The van der Waals surface area contributed by atoms with Gasteiger partial charge in [0.25, 0.3) is 0 Å². The van der Waals surface area contributed by atoms with Gasteiger partial charge in [0, 0.05) is 12.3 Å². The molecule has 0 heterocycles. The molecule has 258 valence electrons. The van der Waals surface area contributed by atoms with E-state index in [-0.39, 0.29) is 40.5 Å². The van der Waals surface area contributed by atoms with Crippen LogP contribution in [0.5, 0.6) is 0 Å². The van der Waals surface area contributed by atoms with Crippen LogP contribution in [0, 0.1) is 5.92 Å². The van der Waals surface area contributed by atoms with E-state index in [1.165, 1.54) is 24.0 Å². The van der Waals surface area contributed by atoms with Gasteiger partial charge in [0.1, 0.15) is 0 Å². The van der Waals surface area contributed by atoms with Crippen LogP contribution in [0.2, 0.25) is 36.3 Å². The number of hydrogen-bond donors (Lipinski definition) is 2. The lowest BCUT2D eigenvalue weighted by Crippen LogP contribution is -2.44. The van der Waals surface area contributed by atoms with Gasteiger partial charge in [0.05, 0.1) is 18.3 Å². The third-order valence-electron chi connectivity index (χ3n) is 11.2. The van der Waals surface area contributed by atoms with Crippen molar-refractivity contribution in [3.8, 4) is 0 Å². The fraction of sp³-hybridized carbons (Fsp3) is 0.667. The second-order valence-corrected chi connectivity index (χ2v) is 26.4. The molecule has 2 aromatic rings. The van der Waals surface area contributed by atoms with Crippen molar-refractivity contribution < 1.29 is 23.9 Å². The minimum absolute atomic E-state index is 0.000764. The average molecular weight is 669 g/mol. The second-order valence-electron chi connectivity index (χ2n) is 16.9. The van der Waals surface area contributed by atoms with Gasteiger partial charge in [-0.25, -0.2) is 0 Å². The monoisotopic (exact) mass is 668 g/mol. The molecule has 0 aliphatic heterocycles. The van der Waals surface area contributed by atoms with Gasteiger partial charge in [-0.1, -0.05) is 116 Å². The van der Waals surface area contributed by atoms with Gasteiger partial charge in [-0.05, 0) is 90.1 Å². The minimum atomic E-state index is -2.10. The molecule has 1 unspecified atom stereocenters. The Labute approximate surface area is 282 Å². The largest absolute Gasteiger partial charge is 0.481 e. The van der Waals surface area contributed by atoms with Gasteiger partial charge in [0.15, 0.2) is 16.6 Å². The Morgan fingerprint density at radius 2 is 1.52 bits per heavy atom. The van der Waals surface area contributed by atoms with Crippen molar-refractivity contribution >= 4 is 22.6 Å². The number of aliphatic hydroxyl groups is 1. The molecule has 5 nitrogen and oxygen atoms in total. The molecular weight excluding hydrogens is 605 g/mol. The van der Waals surface area contributed by atoms with Crippen LogP contribution < -0.4 is 0 Å². The molecule has 1 saturated carbocycles. The molecule has 0 saturated heterocycles. The molecule has 1 fully saturated rings. The van der Waals surface area contributed by atoms with Crippen LogP contribution in [-0.2, 0) is 26.5 Å². The summed E-state index contributed by atoms with van der Waals surface area (Å²) in [6.45, 7) is 25.3. The fourth-order valence-electron chi connectivity index (χ4n) is 6.25. The molecule has 3 rings (SSSR count). The lowest BCUT2D eigenvalue weighted by atomic mass is 9.82. The summed E-state index contributed by atoms with van der Waals surface area (Å²) in [6, 6.07) is 17.3. The molecule has 0 radical (unpaired) electrons.